The minimum absolute atomic E-state index is 0.00485. The number of carbonyl (C=O) groups is 1. The summed E-state index contributed by atoms with van der Waals surface area (Å²) in [6.07, 6.45) is 1.76. The SMILES string of the molecule is N#CCNC(=O)Cn1cc(CO)c2ccccc21. The van der Waals surface area contributed by atoms with Gasteiger partial charge in [-0.05, 0) is 6.07 Å². The lowest BCUT2D eigenvalue weighted by molar-refractivity contribution is -0.121. The molecule has 0 aliphatic carbocycles. The van der Waals surface area contributed by atoms with Crippen LogP contribution in [0.15, 0.2) is 30.5 Å². The number of nitrogens with zero attached hydrogens (tertiary/aromatic N) is 2. The first-order valence-corrected chi connectivity index (χ1v) is 5.57. The Balaban J connectivity index is 2.28. The van der Waals surface area contributed by atoms with Crippen molar-refractivity contribution < 1.29 is 9.90 Å². The Kier molecular flexibility index (Phi) is 3.60. The second-order valence-corrected chi connectivity index (χ2v) is 3.89. The van der Waals surface area contributed by atoms with Crippen molar-refractivity contribution in [2.75, 3.05) is 6.54 Å². The average Bonchev–Trinajstić information content (AvgIpc) is 2.75. The van der Waals surface area contributed by atoms with Crippen LogP contribution >= 0.6 is 0 Å². The number of aliphatic hydroxyl groups excluding tert-OH is 1. The standard InChI is InChI=1S/C13H13N3O2/c14-5-6-15-13(18)8-16-7-10(9-17)11-3-1-2-4-12(11)16/h1-4,7,17H,6,8-9H2,(H,15,18). The molecule has 1 aromatic heterocycles. The van der Waals surface area contributed by atoms with E-state index in [0.717, 1.165) is 16.5 Å². The van der Waals surface area contributed by atoms with Gasteiger partial charge in [0, 0.05) is 22.7 Å². The normalized spacial score (nSPS) is 10.2. The Morgan fingerprint density at radius 2 is 2.22 bits per heavy atom. The minimum Gasteiger partial charge on any atom is -0.392 e. The molecule has 2 aromatic rings. The summed E-state index contributed by atoms with van der Waals surface area (Å²) in [4.78, 5) is 11.6. The van der Waals surface area contributed by atoms with Gasteiger partial charge in [0.2, 0.25) is 5.91 Å². The lowest BCUT2D eigenvalue weighted by Crippen LogP contribution is -2.27. The summed E-state index contributed by atoms with van der Waals surface area (Å²) in [5.41, 5.74) is 1.69. The summed E-state index contributed by atoms with van der Waals surface area (Å²) < 4.78 is 1.77. The second kappa shape index (κ2) is 5.34. The predicted molar refractivity (Wildman–Crippen MR) is 66.5 cm³/mol. The van der Waals surface area contributed by atoms with Gasteiger partial charge in [-0.1, -0.05) is 18.2 Å². The van der Waals surface area contributed by atoms with E-state index < -0.39 is 0 Å². The molecule has 0 spiro atoms. The molecule has 0 saturated carbocycles. The van der Waals surface area contributed by atoms with E-state index in [1.165, 1.54) is 0 Å². The first-order chi connectivity index (χ1) is 8.76. The molecule has 0 fully saturated rings. The Bertz CT molecular complexity index is 610. The predicted octanol–water partition coefficient (Wildman–Crippen LogP) is 0.773. The molecule has 0 radical (unpaired) electrons. The molecule has 0 unspecified atom stereocenters. The zero-order chi connectivity index (χ0) is 13.0. The van der Waals surface area contributed by atoms with Crippen LogP contribution in [0.5, 0.6) is 0 Å². The van der Waals surface area contributed by atoms with E-state index in [2.05, 4.69) is 5.32 Å². The highest BCUT2D eigenvalue weighted by atomic mass is 16.3. The van der Waals surface area contributed by atoms with Crippen LogP contribution < -0.4 is 5.32 Å². The van der Waals surface area contributed by atoms with E-state index in [1.54, 1.807) is 10.8 Å². The van der Waals surface area contributed by atoms with Gasteiger partial charge in [0.25, 0.3) is 0 Å². The van der Waals surface area contributed by atoms with Gasteiger partial charge in [0.1, 0.15) is 13.1 Å². The molecule has 2 N–H and O–H groups in total. The molecule has 0 aliphatic rings. The summed E-state index contributed by atoms with van der Waals surface area (Å²) in [7, 11) is 0. The van der Waals surface area contributed by atoms with Crippen LogP contribution in [0.25, 0.3) is 10.9 Å². The molecule has 5 nitrogen and oxygen atoms in total. The van der Waals surface area contributed by atoms with Gasteiger partial charge < -0.3 is 15.0 Å². The number of rotatable bonds is 4. The zero-order valence-corrected chi connectivity index (χ0v) is 9.76. The first kappa shape index (κ1) is 12.1. The van der Waals surface area contributed by atoms with Crippen molar-refractivity contribution in [1.82, 2.24) is 9.88 Å². The van der Waals surface area contributed by atoms with Gasteiger partial charge in [-0.3, -0.25) is 4.79 Å². The third-order valence-electron chi connectivity index (χ3n) is 2.72. The number of amides is 1. The van der Waals surface area contributed by atoms with E-state index in [-0.39, 0.29) is 25.6 Å². The Hall–Kier alpha value is -2.32. The average molecular weight is 243 g/mol. The number of hydrogen-bond donors (Lipinski definition) is 2. The fourth-order valence-electron chi connectivity index (χ4n) is 1.93. The highest BCUT2D eigenvalue weighted by Gasteiger charge is 2.09. The van der Waals surface area contributed by atoms with Crippen molar-refractivity contribution >= 4 is 16.8 Å². The van der Waals surface area contributed by atoms with E-state index >= 15 is 0 Å². The van der Waals surface area contributed by atoms with E-state index in [4.69, 9.17) is 5.26 Å². The largest absolute Gasteiger partial charge is 0.392 e. The summed E-state index contributed by atoms with van der Waals surface area (Å²) >= 11 is 0. The molecule has 92 valence electrons. The monoisotopic (exact) mass is 243 g/mol. The topological polar surface area (TPSA) is 78.0 Å². The molecular weight excluding hydrogens is 230 g/mol. The number of aliphatic hydroxyl groups is 1. The van der Waals surface area contributed by atoms with Crippen LogP contribution in [0, 0.1) is 11.3 Å². The van der Waals surface area contributed by atoms with Crippen molar-refractivity contribution in [3.8, 4) is 6.07 Å². The van der Waals surface area contributed by atoms with E-state index in [0.29, 0.717) is 0 Å². The third-order valence-corrected chi connectivity index (χ3v) is 2.72. The Morgan fingerprint density at radius 1 is 1.44 bits per heavy atom. The van der Waals surface area contributed by atoms with Crippen LogP contribution in [0.1, 0.15) is 5.56 Å². The third kappa shape index (κ3) is 2.34. The summed E-state index contributed by atoms with van der Waals surface area (Å²) in [6, 6.07) is 9.43. The maximum atomic E-state index is 11.6. The van der Waals surface area contributed by atoms with Crippen molar-refractivity contribution in [2.45, 2.75) is 13.2 Å². The van der Waals surface area contributed by atoms with Crippen molar-refractivity contribution in [1.29, 1.82) is 5.26 Å². The second-order valence-electron chi connectivity index (χ2n) is 3.89. The maximum absolute atomic E-state index is 11.6. The van der Waals surface area contributed by atoms with E-state index in [1.807, 2.05) is 30.3 Å². The van der Waals surface area contributed by atoms with Crippen LogP contribution in [0.3, 0.4) is 0 Å². The smallest absolute Gasteiger partial charge is 0.240 e. The van der Waals surface area contributed by atoms with Crippen molar-refractivity contribution in [3.05, 3.63) is 36.0 Å². The van der Waals surface area contributed by atoms with Crippen LogP contribution in [-0.2, 0) is 17.9 Å². The molecule has 0 atom stereocenters. The molecule has 2 rings (SSSR count). The van der Waals surface area contributed by atoms with Gasteiger partial charge in [-0.15, -0.1) is 0 Å². The van der Waals surface area contributed by atoms with Gasteiger partial charge >= 0.3 is 0 Å². The number of nitriles is 1. The first-order valence-electron chi connectivity index (χ1n) is 5.57. The molecule has 0 saturated heterocycles. The fraction of sp³-hybridized carbons (Fsp3) is 0.231. The quantitative estimate of drug-likeness (QED) is 0.779. The molecule has 1 amide bonds. The molecule has 0 bridgehead atoms. The molecule has 1 heterocycles. The lowest BCUT2D eigenvalue weighted by Gasteiger charge is -2.04. The van der Waals surface area contributed by atoms with Gasteiger partial charge in [0.15, 0.2) is 0 Å². The minimum atomic E-state index is -0.221. The number of carbonyl (C=O) groups excluding carboxylic acids is 1. The van der Waals surface area contributed by atoms with Crippen molar-refractivity contribution in [3.63, 3.8) is 0 Å². The fourth-order valence-corrected chi connectivity index (χ4v) is 1.93. The van der Waals surface area contributed by atoms with Gasteiger partial charge in [-0.2, -0.15) is 5.26 Å². The van der Waals surface area contributed by atoms with Gasteiger partial charge in [-0.25, -0.2) is 0 Å². The molecular formula is C13H13N3O2. The number of aromatic nitrogens is 1. The highest BCUT2D eigenvalue weighted by molar-refractivity contribution is 5.86. The lowest BCUT2D eigenvalue weighted by atomic mass is 10.2. The Morgan fingerprint density at radius 3 is 2.94 bits per heavy atom. The van der Waals surface area contributed by atoms with Crippen LogP contribution in [0.4, 0.5) is 0 Å². The van der Waals surface area contributed by atoms with Crippen LogP contribution in [0.2, 0.25) is 0 Å². The summed E-state index contributed by atoms with van der Waals surface area (Å²) in [6.45, 7) is 0.0837. The van der Waals surface area contributed by atoms with Crippen molar-refractivity contribution in [2.24, 2.45) is 0 Å². The number of hydrogen-bond acceptors (Lipinski definition) is 3. The van der Waals surface area contributed by atoms with E-state index in [9.17, 15) is 9.90 Å². The highest BCUT2D eigenvalue weighted by Crippen LogP contribution is 2.21. The molecule has 0 aliphatic heterocycles. The number of nitrogens with one attached hydrogen (secondary N) is 1. The van der Waals surface area contributed by atoms with Crippen LogP contribution in [-0.4, -0.2) is 22.1 Å². The zero-order valence-electron chi connectivity index (χ0n) is 9.76. The Labute approximate surface area is 104 Å². The van der Waals surface area contributed by atoms with Gasteiger partial charge in [0.05, 0.1) is 12.7 Å². The molecule has 18 heavy (non-hydrogen) atoms. The molecule has 5 heteroatoms. The summed E-state index contributed by atoms with van der Waals surface area (Å²) in [5, 5.41) is 21.1. The number of fused-ring (bicyclic) bond motifs is 1. The number of para-hydroxylation sites is 1. The maximum Gasteiger partial charge on any atom is 0.240 e. The molecule has 1 aromatic carbocycles. The summed E-state index contributed by atoms with van der Waals surface area (Å²) in [5.74, 6) is -0.221. The number of benzene rings is 1.